The molecule has 3 aromatic rings. The van der Waals surface area contributed by atoms with Gasteiger partial charge >= 0.3 is 5.97 Å². The number of pyridine rings is 1. The van der Waals surface area contributed by atoms with Crippen molar-refractivity contribution >= 4 is 38.6 Å². The fourth-order valence-corrected chi connectivity index (χ4v) is 3.36. The molecule has 1 N–H and O–H groups in total. The molecule has 0 aliphatic carbocycles. The molecule has 0 atom stereocenters. The van der Waals surface area contributed by atoms with E-state index in [2.05, 4.69) is 20.9 Å². The van der Waals surface area contributed by atoms with Gasteiger partial charge in [0.15, 0.2) is 11.5 Å². The Morgan fingerprint density at radius 1 is 1.07 bits per heavy atom. The maximum absolute atomic E-state index is 12.6. The van der Waals surface area contributed by atoms with Crippen LogP contribution in [-0.4, -0.2) is 28.4 Å². The highest BCUT2D eigenvalue weighted by atomic mass is 79.9. The molecule has 138 valence electrons. The van der Waals surface area contributed by atoms with E-state index < -0.39 is 11.8 Å². The lowest BCUT2D eigenvalue weighted by Gasteiger charge is -2.12. The van der Waals surface area contributed by atoms with Crippen LogP contribution in [0.2, 0.25) is 0 Å². The molecular formula is C21H18BrNO4. The summed E-state index contributed by atoms with van der Waals surface area (Å²) in [5.74, 6) is -1.08. The van der Waals surface area contributed by atoms with Crippen LogP contribution >= 0.6 is 15.9 Å². The molecular weight excluding hydrogens is 410 g/mol. The molecule has 0 radical (unpaired) electrons. The molecule has 0 unspecified atom stereocenters. The topological polar surface area (TPSA) is 76.5 Å². The van der Waals surface area contributed by atoms with E-state index in [0.717, 1.165) is 11.1 Å². The van der Waals surface area contributed by atoms with Crippen LogP contribution in [-0.2, 0) is 9.53 Å². The van der Waals surface area contributed by atoms with Crippen molar-refractivity contribution in [3.05, 3.63) is 58.7 Å². The fraction of sp³-hybridized carbons (Fsp3) is 0.190. The molecule has 0 saturated heterocycles. The first-order chi connectivity index (χ1) is 13.0. The second-order valence-corrected chi connectivity index (χ2v) is 6.71. The van der Waals surface area contributed by atoms with Crippen LogP contribution in [0.1, 0.15) is 30.3 Å². The van der Waals surface area contributed by atoms with Crippen molar-refractivity contribution in [3.63, 3.8) is 0 Å². The number of para-hydroxylation sites is 1. The van der Waals surface area contributed by atoms with E-state index in [1.54, 1.807) is 6.92 Å². The van der Waals surface area contributed by atoms with Gasteiger partial charge in [-0.1, -0.05) is 48.5 Å². The molecule has 0 bridgehead atoms. The van der Waals surface area contributed by atoms with Gasteiger partial charge in [0.1, 0.15) is 5.69 Å². The number of hydrogen-bond donors (Lipinski definition) is 1. The smallest absolute Gasteiger partial charge is 0.306 e. The van der Waals surface area contributed by atoms with Crippen LogP contribution in [0.3, 0.4) is 0 Å². The molecule has 0 saturated carbocycles. The lowest BCUT2D eigenvalue weighted by Crippen LogP contribution is -2.09. The SMILES string of the molecule is CCOC(=O)CCC(=O)c1nc2c(-c3ccccc3)cccc2c(Br)c1O. The Morgan fingerprint density at radius 3 is 2.52 bits per heavy atom. The van der Waals surface area contributed by atoms with E-state index in [1.807, 2.05) is 48.5 Å². The zero-order chi connectivity index (χ0) is 19.4. The number of aromatic nitrogens is 1. The summed E-state index contributed by atoms with van der Waals surface area (Å²) in [5.41, 5.74) is 2.36. The van der Waals surface area contributed by atoms with Gasteiger partial charge in [-0.25, -0.2) is 4.98 Å². The van der Waals surface area contributed by atoms with E-state index in [4.69, 9.17) is 4.74 Å². The summed E-state index contributed by atoms with van der Waals surface area (Å²) in [6.07, 6.45) is -0.130. The predicted octanol–water partition coefficient (Wildman–Crippen LogP) is 4.90. The first-order valence-electron chi connectivity index (χ1n) is 8.58. The van der Waals surface area contributed by atoms with Gasteiger partial charge in [-0.2, -0.15) is 0 Å². The van der Waals surface area contributed by atoms with Crippen LogP contribution in [0.15, 0.2) is 53.0 Å². The standard InChI is InChI=1S/C21H18BrNO4/c1-2-27-17(25)12-11-16(24)20-21(26)18(22)15-10-6-9-14(19(15)23-20)13-7-4-3-5-8-13/h3-10,26H,2,11-12H2,1H3. The molecule has 2 aromatic carbocycles. The average molecular weight is 428 g/mol. The summed E-state index contributed by atoms with van der Waals surface area (Å²) in [6.45, 7) is 1.97. The number of ketones is 1. The molecule has 0 fully saturated rings. The molecule has 5 nitrogen and oxygen atoms in total. The van der Waals surface area contributed by atoms with Gasteiger partial charge in [-0.3, -0.25) is 9.59 Å². The lowest BCUT2D eigenvalue weighted by molar-refractivity contribution is -0.143. The summed E-state index contributed by atoms with van der Waals surface area (Å²) in [5, 5.41) is 11.2. The van der Waals surface area contributed by atoms with E-state index in [-0.39, 0.29) is 30.9 Å². The number of halogens is 1. The molecule has 0 aliphatic heterocycles. The zero-order valence-corrected chi connectivity index (χ0v) is 16.3. The average Bonchev–Trinajstić information content (AvgIpc) is 2.69. The van der Waals surface area contributed by atoms with Crippen molar-refractivity contribution in [2.75, 3.05) is 6.61 Å². The Balaban J connectivity index is 2.05. The Labute approximate surface area is 165 Å². The number of nitrogens with zero attached hydrogens (tertiary/aromatic N) is 1. The Hall–Kier alpha value is -2.73. The van der Waals surface area contributed by atoms with Crippen molar-refractivity contribution < 1.29 is 19.4 Å². The summed E-state index contributed by atoms with van der Waals surface area (Å²) in [7, 11) is 0. The highest BCUT2D eigenvalue weighted by Gasteiger charge is 2.21. The number of hydrogen-bond acceptors (Lipinski definition) is 5. The normalized spacial score (nSPS) is 10.7. The highest BCUT2D eigenvalue weighted by Crippen LogP contribution is 2.38. The Morgan fingerprint density at radius 2 is 1.81 bits per heavy atom. The predicted molar refractivity (Wildman–Crippen MR) is 107 cm³/mol. The van der Waals surface area contributed by atoms with E-state index in [1.165, 1.54) is 0 Å². The van der Waals surface area contributed by atoms with Crippen molar-refractivity contribution in [2.45, 2.75) is 19.8 Å². The second-order valence-electron chi connectivity index (χ2n) is 5.92. The molecule has 27 heavy (non-hydrogen) atoms. The van der Waals surface area contributed by atoms with E-state index >= 15 is 0 Å². The van der Waals surface area contributed by atoms with Crippen molar-refractivity contribution in [1.82, 2.24) is 4.98 Å². The maximum Gasteiger partial charge on any atom is 0.306 e. The van der Waals surface area contributed by atoms with Crippen molar-refractivity contribution in [2.24, 2.45) is 0 Å². The van der Waals surface area contributed by atoms with Gasteiger partial charge in [0.05, 0.1) is 23.0 Å². The van der Waals surface area contributed by atoms with Gasteiger partial charge < -0.3 is 9.84 Å². The Bertz CT molecular complexity index is 1000. The zero-order valence-electron chi connectivity index (χ0n) is 14.7. The number of ether oxygens (including phenoxy) is 1. The number of rotatable bonds is 6. The van der Waals surface area contributed by atoms with Crippen LogP contribution in [0.25, 0.3) is 22.0 Å². The maximum atomic E-state index is 12.6. The summed E-state index contributed by atoms with van der Waals surface area (Å²) < 4.78 is 5.25. The number of benzene rings is 2. The van der Waals surface area contributed by atoms with Crippen LogP contribution in [0.5, 0.6) is 5.75 Å². The summed E-state index contributed by atoms with van der Waals surface area (Å²) in [6, 6.07) is 15.3. The van der Waals surface area contributed by atoms with Crippen molar-refractivity contribution in [3.8, 4) is 16.9 Å². The van der Waals surface area contributed by atoms with E-state index in [0.29, 0.717) is 15.4 Å². The van der Waals surface area contributed by atoms with Gasteiger partial charge in [-0.15, -0.1) is 0 Å². The molecule has 1 heterocycles. The third-order valence-corrected chi connectivity index (χ3v) is 4.94. The minimum Gasteiger partial charge on any atom is -0.504 e. The van der Waals surface area contributed by atoms with Crippen LogP contribution in [0.4, 0.5) is 0 Å². The summed E-state index contributed by atoms with van der Waals surface area (Å²) >= 11 is 3.38. The molecule has 3 rings (SSSR count). The number of esters is 1. The third-order valence-electron chi connectivity index (χ3n) is 4.14. The molecule has 0 aliphatic rings. The monoisotopic (exact) mass is 427 g/mol. The minimum atomic E-state index is -0.449. The number of aromatic hydroxyl groups is 1. The number of Topliss-reactive ketones (excluding diaryl/α,β-unsaturated/α-hetero) is 1. The second kappa shape index (κ2) is 8.31. The number of carbonyl (C=O) groups excluding carboxylic acids is 2. The third kappa shape index (κ3) is 4.01. The number of carbonyl (C=O) groups is 2. The summed E-state index contributed by atoms with van der Waals surface area (Å²) in [4.78, 5) is 28.5. The van der Waals surface area contributed by atoms with Crippen LogP contribution in [0, 0.1) is 0 Å². The first-order valence-corrected chi connectivity index (χ1v) is 9.37. The largest absolute Gasteiger partial charge is 0.504 e. The van der Waals surface area contributed by atoms with Gasteiger partial charge in [0.2, 0.25) is 0 Å². The fourth-order valence-electron chi connectivity index (χ4n) is 2.85. The minimum absolute atomic E-state index is 0.0518. The highest BCUT2D eigenvalue weighted by molar-refractivity contribution is 9.10. The van der Waals surface area contributed by atoms with E-state index in [9.17, 15) is 14.7 Å². The lowest BCUT2D eigenvalue weighted by atomic mass is 10.0. The van der Waals surface area contributed by atoms with Crippen LogP contribution < -0.4 is 0 Å². The van der Waals surface area contributed by atoms with Crippen molar-refractivity contribution in [1.29, 1.82) is 0 Å². The van der Waals surface area contributed by atoms with Gasteiger partial charge in [0.25, 0.3) is 0 Å². The quantitative estimate of drug-likeness (QED) is 0.447. The molecule has 0 amide bonds. The molecule has 6 heteroatoms. The van der Waals surface area contributed by atoms with Gasteiger partial charge in [0, 0.05) is 17.4 Å². The number of fused-ring (bicyclic) bond motifs is 1. The first kappa shape index (κ1) is 19.0. The van der Waals surface area contributed by atoms with Gasteiger partial charge in [-0.05, 0) is 28.4 Å². The molecule has 1 aromatic heterocycles. The Kier molecular flexibility index (Phi) is 5.86. The molecule has 0 spiro atoms.